The van der Waals surface area contributed by atoms with Gasteiger partial charge in [-0.2, -0.15) is 5.10 Å². The maximum Gasteiger partial charge on any atom is 0.151 e. The summed E-state index contributed by atoms with van der Waals surface area (Å²) in [7, 11) is 0. The summed E-state index contributed by atoms with van der Waals surface area (Å²) in [6, 6.07) is 2.79. The molecule has 2 aliphatic rings. The van der Waals surface area contributed by atoms with Crippen LogP contribution in [0.15, 0.2) is 12.3 Å². The Balaban J connectivity index is 1.88. The van der Waals surface area contributed by atoms with Crippen molar-refractivity contribution in [3.63, 3.8) is 0 Å². The van der Waals surface area contributed by atoms with Crippen LogP contribution in [0.25, 0.3) is 0 Å². The van der Waals surface area contributed by atoms with Gasteiger partial charge in [0.15, 0.2) is 5.82 Å². The first-order chi connectivity index (χ1) is 8.29. The summed E-state index contributed by atoms with van der Waals surface area (Å²) in [5, 5.41) is 11.9. The number of aromatic nitrogens is 2. The van der Waals surface area contributed by atoms with E-state index in [1.165, 1.54) is 18.5 Å². The number of nitrogens with one attached hydrogen (secondary N) is 1. The third-order valence-electron chi connectivity index (χ3n) is 4.21. The minimum Gasteiger partial charge on any atom is -0.351 e. The number of aryl methyl sites for hydroxylation is 1. The van der Waals surface area contributed by atoms with Crippen molar-refractivity contribution in [2.75, 3.05) is 24.5 Å². The van der Waals surface area contributed by atoms with Crippen LogP contribution in [0.2, 0.25) is 0 Å². The topological polar surface area (TPSA) is 41.0 Å². The van der Waals surface area contributed by atoms with Crippen LogP contribution in [-0.2, 0) is 0 Å². The molecule has 2 fully saturated rings. The summed E-state index contributed by atoms with van der Waals surface area (Å²) in [6.45, 7) is 7.82. The molecular formula is C13H20N4. The molecule has 0 spiro atoms. The van der Waals surface area contributed by atoms with Gasteiger partial charge >= 0.3 is 0 Å². The van der Waals surface area contributed by atoms with Gasteiger partial charge in [-0.15, -0.1) is 5.10 Å². The predicted octanol–water partition coefficient (Wildman–Crippen LogP) is 1.22. The van der Waals surface area contributed by atoms with Crippen LogP contribution >= 0.6 is 0 Å². The monoisotopic (exact) mass is 232 g/mol. The minimum absolute atomic E-state index is 0.631. The Morgan fingerprint density at radius 1 is 1.47 bits per heavy atom. The molecule has 1 N–H and O–H groups in total. The predicted molar refractivity (Wildman–Crippen MR) is 68.0 cm³/mol. The van der Waals surface area contributed by atoms with E-state index in [4.69, 9.17) is 0 Å². The van der Waals surface area contributed by atoms with E-state index in [-0.39, 0.29) is 0 Å². The Bertz CT molecular complexity index is 406. The second-order valence-corrected chi connectivity index (χ2v) is 5.30. The lowest BCUT2D eigenvalue weighted by Gasteiger charge is -2.27. The zero-order valence-corrected chi connectivity index (χ0v) is 10.6. The van der Waals surface area contributed by atoms with Crippen molar-refractivity contribution < 1.29 is 0 Å². The summed E-state index contributed by atoms with van der Waals surface area (Å²) in [6.07, 6.45) is 3.02. The Hall–Kier alpha value is -1.16. The molecule has 0 radical (unpaired) electrons. The summed E-state index contributed by atoms with van der Waals surface area (Å²) in [5.74, 6) is 2.65. The highest BCUT2D eigenvalue weighted by Gasteiger charge is 2.43. The lowest BCUT2D eigenvalue weighted by atomic mass is 9.93. The average Bonchev–Trinajstić information content (AvgIpc) is 2.88. The largest absolute Gasteiger partial charge is 0.351 e. The van der Waals surface area contributed by atoms with Gasteiger partial charge in [0, 0.05) is 25.7 Å². The lowest BCUT2D eigenvalue weighted by molar-refractivity contribution is 0.441. The van der Waals surface area contributed by atoms with E-state index in [9.17, 15) is 0 Å². The van der Waals surface area contributed by atoms with E-state index in [1.54, 1.807) is 0 Å². The van der Waals surface area contributed by atoms with Crippen molar-refractivity contribution in [2.45, 2.75) is 26.3 Å². The number of hydrogen-bond donors (Lipinski definition) is 1. The molecule has 3 unspecified atom stereocenters. The number of anilines is 1. The minimum atomic E-state index is 0.631. The number of nitrogens with zero attached hydrogens (tertiary/aromatic N) is 3. The second-order valence-electron chi connectivity index (χ2n) is 5.30. The lowest BCUT2D eigenvalue weighted by Crippen LogP contribution is -2.35. The van der Waals surface area contributed by atoms with E-state index in [0.717, 1.165) is 30.7 Å². The standard InChI is InChI=1S/C13H20N4/c1-3-12-11-7-14-6-10(11)8-17(12)13-4-9(2)5-15-16-13/h4-5,10-12,14H,3,6-8H2,1-2H3. The SMILES string of the molecule is CCC1C2CNCC2CN1c1cc(C)cnn1. The first kappa shape index (κ1) is 11.0. The van der Waals surface area contributed by atoms with Gasteiger partial charge < -0.3 is 10.2 Å². The first-order valence-electron chi connectivity index (χ1n) is 6.56. The number of fused-ring (bicyclic) bond motifs is 1. The molecule has 0 saturated carbocycles. The van der Waals surface area contributed by atoms with Gasteiger partial charge in [-0.1, -0.05) is 6.92 Å². The zero-order chi connectivity index (χ0) is 11.8. The van der Waals surface area contributed by atoms with Crippen molar-refractivity contribution in [1.29, 1.82) is 0 Å². The first-order valence-corrected chi connectivity index (χ1v) is 6.56. The van der Waals surface area contributed by atoms with E-state index in [0.29, 0.717) is 6.04 Å². The van der Waals surface area contributed by atoms with Crippen LogP contribution in [-0.4, -0.2) is 35.9 Å². The molecule has 3 atom stereocenters. The average molecular weight is 232 g/mol. The van der Waals surface area contributed by atoms with Crippen LogP contribution in [0, 0.1) is 18.8 Å². The molecule has 2 aliphatic heterocycles. The van der Waals surface area contributed by atoms with E-state index in [1.807, 2.05) is 6.20 Å². The van der Waals surface area contributed by atoms with Crippen molar-refractivity contribution in [3.8, 4) is 0 Å². The Labute approximate surface area is 102 Å². The molecule has 4 heteroatoms. The van der Waals surface area contributed by atoms with Gasteiger partial charge in [-0.05, 0) is 36.8 Å². The van der Waals surface area contributed by atoms with Gasteiger partial charge in [0.05, 0.1) is 6.20 Å². The molecule has 3 heterocycles. The molecule has 2 saturated heterocycles. The quantitative estimate of drug-likeness (QED) is 0.832. The molecule has 0 bridgehead atoms. The fourth-order valence-corrected chi connectivity index (χ4v) is 3.40. The molecule has 1 aromatic heterocycles. The van der Waals surface area contributed by atoms with Crippen LogP contribution < -0.4 is 10.2 Å². The van der Waals surface area contributed by atoms with Crippen molar-refractivity contribution >= 4 is 5.82 Å². The molecule has 17 heavy (non-hydrogen) atoms. The number of rotatable bonds is 2. The Morgan fingerprint density at radius 2 is 2.35 bits per heavy atom. The molecule has 4 nitrogen and oxygen atoms in total. The molecule has 92 valence electrons. The highest BCUT2D eigenvalue weighted by molar-refractivity contribution is 5.43. The third kappa shape index (κ3) is 1.80. The van der Waals surface area contributed by atoms with Gasteiger partial charge in [-0.25, -0.2) is 0 Å². The maximum atomic E-state index is 4.30. The van der Waals surface area contributed by atoms with Crippen LogP contribution in [0.3, 0.4) is 0 Å². The van der Waals surface area contributed by atoms with Crippen molar-refractivity contribution in [2.24, 2.45) is 11.8 Å². The Morgan fingerprint density at radius 3 is 3.12 bits per heavy atom. The third-order valence-corrected chi connectivity index (χ3v) is 4.21. The second kappa shape index (κ2) is 4.26. The van der Waals surface area contributed by atoms with Crippen LogP contribution in [0.1, 0.15) is 18.9 Å². The summed E-state index contributed by atoms with van der Waals surface area (Å²) in [4.78, 5) is 2.47. The van der Waals surface area contributed by atoms with Crippen LogP contribution in [0.4, 0.5) is 5.82 Å². The molecule has 0 aliphatic carbocycles. The smallest absolute Gasteiger partial charge is 0.151 e. The summed E-state index contributed by atoms with van der Waals surface area (Å²) in [5.41, 5.74) is 1.19. The molecule has 1 aromatic rings. The van der Waals surface area contributed by atoms with E-state index < -0.39 is 0 Å². The summed E-state index contributed by atoms with van der Waals surface area (Å²) < 4.78 is 0. The Kier molecular flexibility index (Phi) is 2.74. The van der Waals surface area contributed by atoms with Crippen molar-refractivity contribution in [3.05, 3.63) is 17.8 Å². The van der Waals surface area contributed by atoms with E-state index >= 15 is 0 Å². The molecular weight excluding hydrogens is 212 g/mol. The van der Waals surface area contributed by atoms with Gasteiger partial charge in [0.2, 0.25) is 0 Å². The van der Waals surface area contributed by atoms with Gasteiger partial charge in [0.25, 0.3) is 0 Å². The molecule has 0 amide bonds. The fourth-order valence-electron chi connectivity index (χ4n) is 3.40. The fraction of sp³-hybridized carbons (Fsp3) is 0.692. The number of hydrogen-bond acceptors (Lipinski definition) is 4. The van der Waals surface area contributed by atoms with E-state index in [2.05, 4.69) is 40.3 Å². The van der Waals surface area contributed by atoms with Crippen molar-refractivity contribution in [1.82, 2.24) is 15.5 Å². The zero-order valence-electron chi connectivity index (χ0n) is 10.6. The van der Waals surface area contributed by atoms with Gasteiger partial charge in [0.1, 0.15) is 0 Å². The summed E-state index contributed by atoms with van der Waals surface area (Å²) >= 11 is 0. The van der Waals surface area contributed by atoms with Gasteiger partial charge in [-0.3, -0.25) is 0 Å². The highest BCUT2D eigenvalue weighted by Crippen LogP contribution is 2.36. The van der Waals surface area contributed by atoms with Crippen LogP contribution in [0.5, 0.6) is 0 Å². The molecule has 3 rings (SSSR count). The maximum absolute atomic E-state index is 4.30. The normalized spacial score (nSPS) is 31.9. The highest BCUT2D eigenvalue weighted by atomic mass is 15.3. The molecule has 0 aromatic carbocycles.